The first-order valence-corrected chi connectivity index (χ1v) is 6.78. The molecule has 2 rings (SSSR count). The first-order valence-electron chi connectivity index (χ1n) is 6.78. The minimum atomic E-state index is -0.523. The number of imidazole rings is 1. The van der Waals surface area contributed by atoms with Crippen molar-refractivity contribution in [1.82, 2.24) is 9.55 Å². The molecular formula is C15H19N3O3. The standard InChI is InChI=1S/C15H19N3O3/c1-3-12-17-13(15(19)20-2)14(16)18(12)9-10-21-11-7-5-4-6-8-11/h4-8H,3,9-10,16H2,1-2H3. The van der Waals surface area contributed by atoms with Crippen LogP contribution in [0, 0.1) is 0 Å². The Balaban J connectivity index is 2.08. The van der Waals surface area contributed by atoms with Gasteiger partial charge in [-0.15, -0.1) is 0 Å². The topological polar surface area (TPSA) is 79.4 Å². The van der Waals surface area contributed by atoms with Gasteiger partial charge in [0.05, 0.1) is 13.7 Å². The number of benzene rings is 1. The predicted molar refractivity (Wildman–Crippen MR) is 79.3 cm³/mol. The maximum atomic E-state index is 11.6. The molecule has 1 aromatic heterocycles. The summed E-state index contributed by atoms with van der Waals surface area (Å²) in [6.07, 6.45) is 0.673. The summed E-state index contributed by atoms with van der Waals surface area (Å²) in [5, 5.41) is 0. The Morgan fingerprint density at radius 1 is 1.33 bits per heavy atom. The van der Waals surface area contributed by atoms with Crippen LogP contribution in [0.5, 0.6) is 5.75 Å². The molecule has 0 saturated carbocycles. The molecule has 1 aromatic carbocycles. The Morgan fingerprint density at radius 2 is 2.05 bits per heavy atom. The fourth-order valence-electron chi connectivity index (χ4n) is 2.05. The summed E-state index contributed by atoms with van der Waals surface area (Å²) in [4.78, 5) is 15.8. The van der Waals surface area contributed by atoms with Crippen LogP contribution in [0.2, 0.25) is 0 Å². The number of para-hydroxylation sites is 1. The highest BCUT2D eigenvalue weighted by atomic mass is 16.5. The zero-order valence-electron chi connectivity index (χ0n) is 12.2. The van der Waals surface area contributed by atoms with Crippen molar-refractivity contribution in [1.29, 1.82) is 0 Å². The van der Waals surface area contributed by atoms with Gasteiger partial charge in [-0.3, -0.25) is 0 Å². The van der Waals surface area contributed by atoms with Crippen molar-refractivity contribution in [3.8, 4) is 5.75 Å². The van der Waals surface area contributed by atoms with Crippen LogP contribution in [0.1, 0.15) is 23.2 Å². The van der Waals surface area contributed by atoms with Gasteiger partial charge in [-0.2, -0.15) is 0 Å². The first kappa shape index (κ1) is 14.9. The summed E-state index contributed by atoms with van der Waals surface area (Å²) < 4.78 is 12.1. The third-order valence-corrected chi connectivity index (χ3v) is 3.11. The van der Waals surface area contributed by atoms with Gasteiger partial charge in [0.1, 0.15) is 24.0 Å². The van der Waals surface area contributed by atoms with Gasteiger partial charge < -0.3 is 19.8 Å². The lowest BCUT2D eigenvalue weighted by Crippen LogP contribution is -2.14. The van der Waals surface area contributed by atoms with Crippen molar-refractivity contribution in [2.75, 3.05) is 19.5 Å². The molecule has 0 aliphatic carbocycles. The molecule has 0 radical (unpaired) electrons. The van der Waals surface area contributed by atoms with E-state index in [1.54, 1.807) is 4.57 Å². The highest BCUT2D eigenvalue weighted by Gasteiger charge is 2.20. The Labute approximate surface area is 123 Å². The first-order chi connectivity index (χ1) is 10.2. The molecule has 6 heteroatoms. The molecule has 0 unspecified atom stereocenters. The number of aromatic nitrogens is 2. The summed E-state index contributed by atoms with van der Waals surface area (Å²) >= 11 is 0. The largest absolute Gasteiger partial charge is 0.492 e. The molecule has 1 heterocycles. The fraction of sp³-hybridized carbons (Fsp3) is 0.333. The van der Waals surface area contributed by atoms with E-state index in [4.69, 9.17) is 10.5 Å². The van der Waals surface area contributed by atoms with Crippen LogP contribution in [0.15, 0.2) is 30.3 Å². The minimum Gasteiger partial charge on any atom is -0.492 e. The smallest absolute Gasteiger partial charge is 0.360 e. The van der Waals surface area contributed by atoms with Crippen LogP contribution in [0.4, 0.5) is 5.82 Å². The van der Waals surface area contributed by atoms with Crippen LogP contribution in [-0.4, -0.2) is 29.2 Å². The maximum Gasteiger partial charge on any atom is 0.360 e. The van der Waals surface area contributed by atoms with Gasteiger partial charge in [-0.05, 0) is 12.1 Å². The Hall–Kier alpha value is -2.50. The molecule has 112 valence electrons. The molecule has 2 N–H and O–H groups in total. The van der Waals surface area contributed by atoms with Crippen molar-refractivity contribution in [2.24, 2.45) is 0 Å². The number of hydrogen-bond acceptors (Lipinski definition) is 5. The number of ether oxygens (including phenoxy) is 2. The van der Waals surface area contributed by atoms with Crippen molar-refractivity contribution in [2.45, 2.75) is 19.9 Å². The number of hydrogen-bond donors (Lipinski definition) is 1. The molecule has 0 atom stereocenters. The Kier molecular flexibility index (Phi) is 4.81. The highest BCUT2D eigenvalue weighted by molar-refractivity contribution is 5.92. The molecule has 0 aliphatic heterocycles. The van der Waals surface area contributed by atoms with Gasteiger partial charge in [0.25, 0.3) is 0 Å². The normalized spacial score (nSPS) is 10.4. The summed E-state index contributed by atoms with van der Waals surface area (Å²) in [6.45, 7) is 2.92. The summed E-state index contributed by atoms with van der Waals surface area (Å²) in [5.74, 6) is 1.33. The van der Waals surface area contributed by atoms with E-state index < -0.39 is 5.97 Å². The lowest BCUT2D eigenvalue weighted by atomic mass is 10.3. The van der Waals surface area contributed by atoms with Crippen LogP contribution < -0.4 is 10.5 Å². The minimum absolute atomic E-state index is 0.161. The number of anilines is 1. The summed E-state index contributed by atoms with van der Waals surface area (Å²) in [7, 11) is 1.31. The van der Waals surface area contributed by atoms with Gasteiger partial charge in [-0.25, -0.2) is 9.78 Å². The van der Waals surface area contributed by atoms with Gasteiger partial charge in [0.15, 0.2) is 5.69 Å². The van der Waals surface area contributed by atoms with E-state index in [-0.39, 0.29) is 5.69 Å². The van der Waals surface area contributed by atoms with Crippen molar-refractivity contribution < 1.29 is 14.3 Å². The lowest BCUT2D eigenvalue weighted by molar-refractivity contribution is 0.0595. The molecule has 6 nitrogen and oxygen atoms in total. The van der Waals surface area contributed by atoms with Gasteiger partial charge >= 0.3 is 5.97 Å². The zero-order chi connectivity index (χ0) is 15.2. The molecule has 0 fully saturated rings. The monoisotopic (exact) mass is 289 g/mol. The second kappa shape index (κ2) is 6.78. The average molecular weight is 289 g/mol. The fourth-order valence-corrected chi connectivity index (χ4v) is 2.05. The maximum absolute atomic E-state index is 11.6. The van der Waals surface area contributed by atoms with Gasteiger partial charge in [0, 0.05) is 6.42 Å². The van der Waals surface area contributed by atoms with Crippen molar-refractivity contribution in [3.63, 3.8) is 0 Å². The zero-order valence-corrected chi connectivity index (χ0v) is 12.2. The van der Waals surface area contributed by atoms with Crippen LogP contribution in [0.25, 0.3) is 0 Å². The third kappa shape index (κ3) is 3.34. The van der Waals surface area contributed by atoms with Crippen molar-refractivity contribution >= 4 is 11.8 Å². The number of nitrogens with two attached hydrogens (primary N) is 1. The SMILES string of the molecule is CCc1nc(C(=O)OC)c(N)n1CCOc1ccccc1. The quantitative estimate of drug-likeness (QED) is 0.821. The number of methoxy groups -OCH3 is 1. The molecule has 0 saturated heterocycles. The van der Waals surface area contributed by atoms with E-state index in [1.807, 2.05) is 37.3 Å². The number of nitrogen functional groups attached to an aromatic ring is 1. The molecule has 0 spiro atoms. The Bertz CT molecular complexity index is 608. The number of rotatable bonds is 6. The lowest BCUT2D eigenvalue weighted by Gasteiger charge is -2.10. The molecule has 2 aromatic rings. The van der Waals surface area contributed by atoms with E-state index in [9.17, 15) is 4.79 Å². The van der Waals surface area contributed by atoms with Crippen LogP contribution >= 0.6 is 0 Å². The molecule has 21 heavy (non-hydrogen) atoms. The summed E-state index contributed by atoms with van der Waals surface area (Å²) in [6, 6.07) is 9.52. The van der Waals surface area contributed by atoms with Crippen molar-refractivity contribution in [3.05, 3.63) is 41.9 Å². The number of nitrogens with zero attached hydrogens (tertiary/aromatic N) is 2. The molecule has 0 bridgehead atoms. The third-order valence-electron chi connectivity index (χ3n) is 3.11. The van der Waals surface area contributed by atoms with E-state index in [1.165, 1.54) is 7.11 Å². The molecule has 0 aliphatic rings. The van der Waals surface area contributed by atoms with E-state index in [2.05, 4.69) is 9.72 Å². The van der Waals surface area contributed by atoms with Crippen LogP contribution in [0.3, 0.4) is 0 Å². The highest BCUT2D eigenvalue weighted by Crippen LogP contribution is 2.17. The van der Waals surface area contributed by atoms with Gasteiger partial charge in [0.2, 0.25) is 0 Å². The number of carbonyl (C=O) groups is 1. The van der Waals surface area contributed by atoms with E-state index in [0.717, 1.165) is 11.6 Å². The predicted octanol–water partition coefficient (Wildman–Crippen LogP) is 1.89. The second-order valence-electron chi connectivity index (χ2n) is 4.42. The number of esters is 1. The van der Waals surface area contributed by atoms with Crippen LogP contribution in [-0.2, 0) is 17.7 Å². The van der Waals surface area contributed by atoms with Gasteiger partial charge in [-0.1, -0.05) is 25.1 Å². The second-order valence-corrected chi connectivity index (χ2v) is 4.42. The summed E-state index contributed by atoms with van der Waals surface area (Å²) in [5.41, 5.74) is 6.14. The number of aryl methyl sites for hydroxylation is 1. The average Bonchev–Trinajstić information content (AvgIpc) is 2.84. The number of carbonyl (C=O) groups excluding carboxylic acids is 1. The Morgan fingerprint density at radius 3 is 2.67 bits per heavy atom. The van der Waals surface area contributed by atoms with E-state index >= 15 is 0 Å². The molecule has 0 amide bonds. The van der Waals surface area contributed by atoms with E-state index in [0.29, 0.717) is 25.4 Å². The molecular weight excluding hydrogens is 270 g/mol.